The number of hydrogen-bond donors (Lipinski definition) is 2. The van der Waals surface area contributed by atoms with E-state index in [0.717, 1.165) is 50.6 Å². The van der Waals surface area contributed by atoms with Gasteiger partial charge in [0.1, 0.15) is 22.0 Å². The number of rotatable bonds is 10. The van der Waals surface area contributed by atoms with Gasteiger partial charge in [-0.05, 0) is 30.2 Å². The van der Waals surface area contributed by atoms with Crippen molar-refractivity contribution in [2.24, 2.45) is 0 Å². The van der Waals surface area contributed by atoms with Gasteiger partial charge in [0.15, 0.2) is 0 Å². The second kappa shape index (κ2) is 11.8. The summed E-state index contributed by atoms with van der Waals surface area (Å²) in [5.41, 5.74) is 2.62. The number of nitriles is 1. The van der Waals surface area contributed by atoms with Crippen LogP contribution in [0.25, 0.3) is 5.57 Å². The van der Waals surface area contributed by atoms with E-state index < -0.39 is 11.0 Å². The van der Waals surface area contributed by atoms with Crippen molar-refractivity contribution in [3.8, 4) is 6.07 Å². The van der Waals surface area contributed by atoms with Crippen LogP contribution in [-0.4, -0.2) is 68.8 Å². The quantitative estimate of drug-likeness (QED) is 0.464. The lowest BCUT2D eigenvalue weighted by molar-refractivity contribution is 0.0398. The minimum absolute atomic E-state index is 0.235. The van der Waals surface area contributed by atoms with E-state index >= 15 is 0 Å². The maximum absolute atomic E-state index is 12.3. The Morgan fingerprint density at radius 2 is 2.00 bits per heavy atom. The van der Waals surface area contributed by atoms with Crippen LogP contribution in [0.15, 0.2) is 29.2 Å². The van der Waals surface area contributed by atoms with E-state index in [1.165, 1.54) is 0 Å². The third-order valence-electron chi connectivity index (χ3n) is 4.35. The monoisotopic (exact) mass is 392 g/mol. The molecule has 148 valence electrons. The van der Waals surface area contributed by atoms with E-state index in [1.807, 2.05) is 31.2 Å². The second-order valence-electron chi connectivity index (χ2n) is 6.18. The fraction of sp³-hybridized carbons (Fsp3) is 0.526. The zero-order valence-electron chi connectivity index (χ0n) is 16.0. The number of nitrogens with one attached hydrogen (secondary N) is 2. The van der Waals surface area contributed by atoms with Crippen molar-refractivity contribution in [3.05, 3.63) is 34.7 Å². The summed E-state index contributed by atoms with van der Waals surface area (Å²) in [7, 11) is 0.0309. The first-order valence-electron chi connectivity index (χ1n) is 9.05. The largest absolute Gasteiger partial charge is 0.384 e. The molecule has 0 spiro atoms. The summed E-state index contributed by atoms with van der Waals surface area (Å²) in [5, 5.41) is 12.8. The number of nitrogens with zero attached hydrogens (tertiary/aromatic N) is 2. The van der Waals surface area contributed by atoms with Crippen molar-refractivity contribution in [2.45, 2.75) is 6.92 Å². The summed E-state index contributed by atoms with van der Waals surface area (Å²) in [4.78, 5) is 2.61. The third-order valence-corrected chi connectivity index (χ3v) is 5.58. The molecule has 0 aliphatic carbocycles. The molecule has 1 aromatic rings. The minimum Gasteiger partial charge on any atom is -0.384 e. The molecule has 0 bridgehead atoms. The van der Waals surface area contributed by atoms with Gasteiger partial charge in [-0.1, -0.05) is 12.1 Å². The van der Waals surface area contributed by atoms with Crippen molar-refractivity contribution in [3.63, 3.8) is 0 Å². The van der Waals surface area contributed by atoms with Crippen LogP contribution >= 0.6 is 0 Å². The van der Waals surface area contributed by atoms with Gasteiger partial charge in [-0.2, -0.15) is 5.26 Å². The molecule has 0 aromatic heterocycles. The maximum atomic E-state index is 12.3. The average Bonchev–Trinajstić information content (AvgIpc) is 2.70. The van der Waals surface area contributed by atoms with Crippen LogP contribution in [0.3, 0.4) is 0 Å². The van der Waals surface area contributed by atoms with Crippen molar-refractivity contribution >= 4 is 22.2 Å². The molecule has 0 radical (unpaired) electrons. The van der Waals surface area contributed by atoms with Gasteiger partial charge >= 0.3 is 0 Å². The standard InChI is InChI=1S/C19H28N4O3S/c1-16(19(15-20)27(24)22-8-12-25-2)17-3-5-18(6-4-17)21-7-9-23-10-13-26-14-11-23/h3-6,21-22H,7-14H2,1-2H3/b19-16+. The third kappa shape index (κ3) is 7.05. The van der Waals surface area contributed by atoms with Gasteiger partial charge in [-0.3, -0.25) is 4.90 Å². The SMILES string of the molecule is COCCNS(=O)/C(C#N)=C(\C)c1ccc(NCCN2CCOCC2)cc1. The van der Waals surface area contributed by atoms with E-state index in [2.05, 4.69) is 21.0 Å². The summed E-state index contributed by atoms with van der Waals surface area (Å²) in [5.74, 6) is 0. The Hall–Kier alpha value is -1.76. The van der Waals surface area contributed by atoms with Gasteiger partial charge in [-0.25, -0.2) is 8.93 Å². The van der Waals surface area contributed by atoms with Crippen molar-refractivity contribution < 1.29 is 13.7 Å². The zero-order chi connectivity index (χ0) is 19.5. The molecule has 1 aliphatic rings. The average molecular weight is 393 g/mol. The molecule has 27 heavy (non-hydrogen) atoms. The van der Waals surface area contributed by atoms with Crippen LogP contribution < -0.4 is 10.0 Å². The molecule has 1 unspecified atom stereocenters. The van der Waals surface area contributed by atoms with Crippen LogP contribution in [0.4, 0.5) is 5.69 Å². The number of benzene rings is 1. The number of allylic oxidation sites excluding steroid dienone is 2. The summed E-state index contributed by atoms with van der Waals surface area (Å²) < 4.78 is 25.3. The van der Waals surface area contributed by atoms with Gasteiger partial charge in [-0.15, -0.1) is 0 Å². The molecular formula is C19H28N4O3S. The molecule has 0 amide bonds. The van der Waals surface area contributed by atoms with Gasteiger partial charge in [0.2, 0.25) is 0 Å². The Kier molecular flexibility index (Phi) is 9.45. The van der Waals surface area contributed by atoms with E-state index in [9.17, 15) is 9.47 Å². The van der Waals surface area contributed by atoms with Crippen molar-refractivity contribution in [2.75, 3.05) is 65.0 Å². The smallest absolute Gasteiger partial charge is 0.136 e. The van der Waals surface area contributed by atoms with Crippen molar-refractivity contribution in [1.29, 1.82) is 5.26 Å². The Morgan fingerprint density at radius 1 is 1.30 bits per heavy atom. The molecule has 8 heteroatoms. The summed E-state index contributed by atoms with van der Waals surface area (Å²) in [6.45, 7) is 8.11. The summed E-state index contributed by atoms with van der Waals surface area (Å²) in [6, 6.07) is 9.90. The first kappa shape index (κ1) is 21.5. The van der Waals surface area contributed by atoms with E-state index in [1.54, 1.807) is 7.11 Å². The number of anilines is 1. The number of ether oxygens (including phenoxy) is 2. The first-order chi connectivity index (χ1) is 13.2. The van der Waals surface area contributed by atoms with Gasteiger partial charge in [0.25, 0.3) is 0 Å². The van der Waals surface area contributed by atoms with Crippen molar-refractivity contribution in [1.82, 2.24) is 9.62 Å². The normalized spacial score (nSPS) is 17.1. The summed E-state index contributed by atoms with van der Waals surface area (Å²) >= 11 is 0. The predicted octanol–water partition coefficient (Wildman–Crippen LogP) is 1.58. The predicted molar refractivity (Wildman–Crippen MR) is 108 cm³/mol. The number of hydrogen-bond acceptors (Lipinski definition) is 6. The Balaban J connectivity index is 1.91. The van der Waals surface area contributed by atoms with E-state index in [-0.39, 0.29) is 4.91 Å². The molecule has 2 N–H and O–H groups in total. The first-order valence-corrected chi connectivity index (χ1v) is 10.2. The second-order valence-corrected chi connectivity index (χ2v) is 7.41. The Bertz CT molecular complexity index is 679. The highest BCUT2D eigenvalue weighted by atomic mass is 32.2. The molecule has 1 fully saturated rings. The zero-order valence-corrected chi connectivity index (χ0v) is 16.8. The molecule has 1 aromatic carbocycles. The van der Waals surface area contributed by atoms with Crippen LogP contribution in [0.5, 0.6) is 0 Å². The van der Waals surface area contributed by atoms with E-state index in [0.29, 0.717) is 18.7 Å². The molecule has 1 heterocycles. The molecule has 1 aliphatic heterocycles. The lowest BCUT2D eigenvalue weighted by atomic mass is 10.1. The molecule has 1 atom stereocenters. The number of morpholine rings is 1. The molecule has 2 rings (SSSR count). The van der Waals surface area contributed by atoms with Crippen LogP contribution in [0.2, 0.25) is 0 Å². The van der Waals surface area contributed by atoms with Gasteiger partial charge in [0, 0.05) is 45.5 Å². The molecule has 1 saturated heterocycles. The Labute approximate surface area is 163 Å². The highest BCUT2D eigenvalue weighted by Crippen LogP contribution is 2.21. The topological polar surface area (TPSA) is 86.6 Å². The van der Waals surface area contributed by atoms with Gasteiger partial charge < -0.3 is 14.8 Å². The van der Waals surface area contributed by atoms with Crippen LogP contribution in [0.1, 0.15) is 12.5 Å². The highest BCUT2D eigenvalue weighted by Gasteiger charge is 2.12. The van der Waals surface area contributed by atoms with Crippen LogP contribution in [0, 0.1) is 11.3 Å². The lowest BCUT2D eigenvalue weighted by Gasteiger charge is -2.26. The fourth-order valence-corrected chi connectivity index (χ4v) is 3.62. The van der Waals surface area contributed by atoms with Gasteiger partial charge in [0.05, 0.1) is 19.8 Å². The fourth-order valence-electron chi connectivity index (χ4n) is 2.73. The summed E-state index contributed by atoms with van der Waals surface area (Å²) in [6.07, 6.45) is 0. The molecule has 0 saturated carbocycles. The van der Waals surface area contributed by atoms with Crippen LogP contribution in [-0.2, 0) is 20.5 Å². The molecular weight excluding hydrogens is 364 g/mol. The molecule has 7 nitrogen and oxygen atoms in total. The lowest BCUT2D eigenvalue weighted by Crippen LogP contribution is -2.38. The highest BCUT2D eigenvalue weighted by molar-refractivity contribution is 7.87. The number of methoxy groups -OCH3 is 1. The Morgan fingerprint density at radius 3 is 2.63 bits per heavy atom. The minimum atomic E-state index is -1.55. The maximum Gasteiger partial charge on any atom is 0.136 e. The van der Waals surface area contributed by atoms with E-state index in [4.69, 9.17) is 9.47 Å².